The predicted octanol–water partition coefficient (Wildman–Crippen LogP) is 5.21. The highest BCUT2D eigenvalue weighted by Gasteiger charge is 2.13. The van der Waals surface area contributed by atoms with Crippen molar-refractivity contribution in [3.05, 3.63) is 58.1 Å². The maximum atomic E-state index is 13.5. The molecule has 0 radical (unpaired) electrons. The third-order valence-corrected chi connectivity index (χ3v) is 3.60. The number of aromatic nitrogens is 2. The highest BCUT2D eigenvalue weighted by molar-refractivity contribution is 6.31. The molecule has 0 spiro atoms. The number of nitrogens with zero attached hydrogens (tertiary/aromatic N) is 2. The molecule has 0 aliphatic rings. The zero-order valence-electron chi connectivity index (χ0n) is 10.1. The van der Waals surface area contributed by atoms with Crippen molar-refractivity contribution in [3.8, 4) is 5.69 Å². The lowest BCUT2D eigenvalue weighted by molar-refractivity contribution is 0.626. The van der Waals surface area contributed by atoms with Crippen LogP contribution in [0.1, 0.15) is 5.82 Å². The Kier molecular flexibility index (Phi) is 3.59. The molecule has 0 saturated heterocycles. The summed E-state index contributed by atoms with van der Waals surface area (Å²) in [4.78, 5) is 4.41. The molecule has 3 aromatic rings. The van der Waals surface area contributed by atoms with Crippen molar-refractivity contribution in [1.29, 1.82) is 0 Å². The quantitative estimate of drug-likeness (QED) is 0.590. The monoisotopic (exact) mass is 328 g/mol. The van der Waals surface area contributed by atoms with Crippen LogP contribution in [0.25, 0.3) is 16.7 Å². The number of alkyl halides is 1. The third kappa shape index (κ3) is 2.37. The molecular formula is C14H8Cl3FN2. The Morgan fingerprint density at radius 3 is 2.55 bits per heavy atom. The van der Waals surface area contributed by atoms with Crippen LogP contribution in [0, 0.1) is 5.82 Å². The molecule has 6 heteroatoms. The smallest absolute Gasteiger partial charge is 0.129 e. The molecule has 2 nitrogen and oxygen atoms in total. The van der Waals surface area contributed by atoms with Crippen LogP contribution in [0.5, 0.6) is 0 Å². The first-order valence-electron chi connectivity index (χ1n) is 5.78. The van der Waals surface area contributed by atoms with Crippen LogP contribution < -0.4 is 0 Å². The second kappa shape index (κ2) is 5.24. The van der Waals surface area contributed by atoms with Gasteiger partial charge in [-0.3, -0.25) is 4.57 Å². The van der Waals surface area contributed by atoms with Gasteiger partial charge in [0.05, 0.1) is 22.6 Å². The zero-order chi connectivity index (χ0) is 14.3. The van der Waals surface area contributed by atoms with Crippen molar-refractivity contribution in [3.63, 3.8) is 0 Å². The van der Waals surface area contributed by atoms with Crippen molar-refractivity contribution in [2.24, 2.45) is 0 Å². The minimum absolute atomic E-state index is 0.195. The molecule has 1 aromatic heterocycles. The lowest BCUT2D eigenvalue weighted by atomic mass is 10.2. The van der Waals surface area contributed by atoms with Gasteiger partial charge >= 0.3 is 0 Å². The van der Waals surface area contributed by atoms with E-state index in [0.717, 1.165) is 5.52 Å². The summed E-state index contributed by atoms with van der Waals surface area (Å²) >= 11 is 17.8. The van der Waals surface area contributed by atoms with Crippen LogP contribution in [-0.2, 0) is 5.88 Å². The second-order valence-corrected chi connectivity index (χ2v) is 5.40. The standard InChI is InChI=1S/C14H8Cl3FN2/c15-7-14-19-12-5-8(16)1-2-13(12)20(14)11-4-9(17)3-10(18)6-11/h1-6H,7H2. The predicted molar refractivity (Wildman–Crippen MR) is 80.6 cm³/mol. The van der Waals surface area contributed by atoms with Crippen LogP contribution in [0.15, 0.2) is 36.4 Å². The third-order valence-electron chi connectivity index (χ3n) is 2.91. The first-order chi connectivity index (χ1) is 9.58. The van der Waals surface area contributed by atoms with Gasteiger partial charge in [0, 0.05) is 10.0 Å². The maximum Gasteiger partial charge on any atom is 0.129 e. The molecule has 0 aliphatic heterocycles. The fourth-order valence-corrected chi connectivity index (χ4v) is 2.71. The summed E-state index contributed by atoms with van der Waals surface area (Å²) in [6.45, 7) is 0. The van der Waals surface area contributed by atoms with Gasteiger partial charge in [0.25, 0.3) is 0 Å². The Morgan fingerprint density at radius 2 is 1.85 bits per heavy atom. The second-order valence-electron chi connectivity index (χ2n) is 4.26. The largest absolute Gasteiger partial charge is 0.295 e. The van der Waals surface area contributed by atoms with Crippen molar-refractivity contribution in [2.45, 2.75) is 5.88 Å². The number of benzene rings is 2. The lowest BCUT2D eigenvalue weighted by Gasteiger charge is -2.08. The van der Waals surface area contributed by atoms with Gasteiger partial charge in [0.2, 0.25) is 0 Å². The fourth-order valence-electron chi connectivity index (χ4n) is 2.15. The lowest BCUT2D eigenvalue weighted by Crippen LogP contribution is -1.99. The van der Waals surface area contributed by atoms with Crippen LogP contribution in [0.4, 0.5) is 4.39 Å². The number of rotatable bonds is 2. The van der Waals surface area contributed by atoms with Gasteiger partial charge in [-0.2, -0.15) is 0 Å². The van der Waals surface area contributed by atoms with E-state index in [1.165, 1.54) is 12.1 Å². The van der Waals surface area contributed by atoms with Gasteiger partial charge in [-0.1, -0.05) is 23.2 Å². The topological polar surface area (TPSA) is 17.8 Å². The van der Waals surface area contributed by atoms with Gasteiger partial charge in [-0.15, -0.1) is 11.6 Å². The average molecular weight is 330 g/mol. The minimum atomic E-state index is -0.413. The van der Waals surface area contributed by atoms with Crippen LogP contribution >= 0.6 is 34.8 Å². The number of hydrogen-bond acceptors (Lipinski definition) is 1. The highest BCUT2D eigenvalue weighted by atomic mass is 35.5. The fraction of sp³-hybridized carbons (Fsp3) is 0.0714. The molecule has 3 rings (SSSR count). The molecule has 0 fully saturated rings. The Balaban J connectivity index is 2.33. The van der Waals surface area contributed by atoms with Gasteiger partial charge in [0.15, 0.2) is 0 Å². The van der Waals surface area contributed by atoms with E-state index in [9.17, 15) is 4.39 Å². The molecule has 2 aromatic carbocycles. The van der Waals surface area contributed by atoms with Gasteiger partial charge in [0.1, 0.15) is 11.6 Å². The molecule has 0 bridgehead atoms. The summed E-state index contributed by atoms with van der Waals surface area (Å²) in [5.41, 5.74) is 2.08. The van der Waals surface area contributed by atoms with E-state index >= 15 is 0 Å². The van der Waals surface area contributed by atoms with Crippen molar-refractivity contribution in [1.82, 2.24) is 9.55 Å². The van der Waals surface area contributed by atoms with Crippen molar-refractivity contribution in [2.75, 3.05) is 0 Å². The van der Waals surface area contributed by atoms with E-state index in [1.54, 1.807) is 22.8 Å². The molecule has 0 atom stereocenters. The average Bonchev–Trinajstić information content (AvgIpc) is 2.74. The molecule has 0 unspecified atom stereocenters. The van der Waals surface area contributed by atoms with Crippen LogP contribution in [-0.4, -0.2) is 9.55 Å². The van der Waals surface area contributed by atoms with Gasteiger partial charge in [-0.05, 0) is 36.4 Å². The summed E-state index contributed by atoms with van der Waals surface area (Å²) in [5.74, 6) is 0.384. The Hall–Kier alpha value is -1.29. The van der Waals surface area contributed by atoms with Crippen LogP contribution in [0.3, 0.4) is 0 Å². The first-order valence-corrected chi connectivity index (χ1v) is 7.07. The van der Waals surface area contributed by atoms with Crippen LogP contribution in [0.2, 0.25) is 10.0 Å². The summed E-state index contributed by atoms with van der Waals surface area (Å²) in [5, 5.41) is 0.900. The van der Waals surface area contributed by atoms with Gasteiger partial charge in [-0.25, -0.2) is 9.37 Å². The van der Waals surface area contributed by atoms with E-state index < -0.39 is 5.82 Å². The van der Waals surface area contributed by atoms with E-state index in [1.807, 2.05) is 6.07 Å². The normalized spacial score (nSPS) is 11.2. The Bertz CT molecular complexity index is 778. The number of hydrogen-bond donors (Lipinski definition) is 0. The molecule has 20 heavy (non-hydrogen) atoms. The van der Waals surface area contributed by atoms with Gasteiger partial charge < -0.3 is 0 Å². The Labute approximate surface area is 129 Å². The SMILES string of the molecule is Fc1cc(Cl)cc(-n2c(CCl)nc3cc(Cl)ccc32)c1. The van der Waals surface area contributed by atoms with E-state index in [-0.39, 0.29) is 5.88 Å². The minimum Gasteiger partial charge on any atom is -0.295 e. The molecular weight excluding hydrogens is 322 g/mol. The molecule has 1 heterocycles. The van der Waals surface area contributed by atoms with E-state index in [0.29, 0.717) is 27.1 Å². The summed E-state index contributed by atoms with van der Waals surface area (Å²) < 4.78 is 15.3. The Morgan fingerprint density at radius 1 is 1.05 bits per heavy atom. The molecule has 102 valence electrons. The summed E-state index contributed by atoms with van der Waals surface area (Å²) in [6.07, 6.45) is 0. The zero-order valence-corrected chi connectivity index (χ0v) is 12.3. The molecule has 0 saturated carbocycles. The number of imidazole rings is 1. The number of fused-ring (bicyclic) bond motifs is 1. The summed E-state index contributed by atoms with van der Waals surface area (Å²) in [7, 11) is 0. The van der Waals surface area contributed by atoms with E-state index in [2.05, 4.69) is 4.98 Å². The maximum absolute atomic E-state index is 13.5. The van der Waals surface area contributed by atoms with Crippen molar-refractivity contribution < 1.29 is 4.39 Å². The van der Waals surface area contributed by atoms with Crippen molar-refractivity contribution >= 4 is 45.8 Å². The molecule has 0 N–H and O–H groups in total. The molecule has 0 amide bonds. The van der Waals surface area contributed by atoms with E-state index in [4.69, 9.17) is 34.8 Å². The highest BCUT2D eigenvalue weighted by Crippen LogP contribution is 2.27. The molecule has 0 aliphatic carbocycles. The summed E-state index contributed by atoms with van der Waals surface area (Å²) in [6, 6.07) is 9.61. The first kappa shape index (κ1) is 13.7. The number of halogens is 4.